The Hall–Kier alpha value is -3.86. The van der Waals surface area contributed by atoms with E-state index in [9.17, 15) is 19.2 Å². The second-order valence-corrected chi connectivity index (χ2v) is 8.22. The number of esters is 1. The Morgan fingerprint density at radius 2 is 1.88 bits per heavy atom. The van der Waals surface area contributed by atoms with E-state index in [1.165, 1.54) is 29.9 Å². The van der Waals surface area contributed by atoms with E-state index in [1.807, 2.05) is 13.8 Å². The number of methoxy groups -OCH3 is 2. The Labute approximate surface area is 195 Å². The van der Waals surface area contributed by atoms with E-state index in [0.717, 1.165) is 0 Å². The Bertz CT molecular complexity index is 1320. The van der Waals surface area contributed by atoms with Crippen LogP contribution in [-0.4, -0.2) is 53.4 Å². The molecule has 0 saturated heterocycles. The maximum atomic E-state index is 13.5. The molecule has 0 radical (unpaired) electrons. The maximum absolute atomic E-state index is 13.5. The molecule has 3 aromatic rings. The van der Waals surface area contributed by atoms with E-state index in [4.69, 9.17) is 15.2 Å². The van der Waals surface area contributed by atoms with Gasteiger partial charge < -0.3 is 24.7 Å². The number of rotatable bonds is 9. The number of nitrogens with zero attached hydrogens (tertiary/aromatic N) is 3. The van der Waals surface area contributed by atoms with Gasteiger partial charge in [-0.25, -0.2) is 9.59 Å². The van der Waals surface area contributed by atoms with Crippen molar-refractivity contribution in [1.82, 2.24) is 14.1 Å². The van der Waals surface area contributed by atoms with Crippen LogP contribution in [0.1, 0.15) is 24.2 Å². The molecule has 0 bridgehead atoms. The molecule has 0 spiro atoms. The molecule has 0 atom stereocenters. The number of carbonyl (C=O) groups excluding carboxylic acids is 2. The molecule has 3 N–H and O–H groups in total. The third kappa shape index (κ3) is 4.88. The lowest BCUT2D eigenvalue weighted by molar-refractivity contribution is -0.119. The normalized spacial score (nSPS) is 11.2. The van der Waals surface area contributed by atoms with Crippen LogP contribution in [-0.2, 0) is 27.4 Å². The average molecular weight is 472 g/mol. The quantitative estimate of drug-likeness (QED) is 0.447. The number of aromatic amines is 1. The highest BCUT2D eigenvalue weighted by molar-refractivity contribution is 6.05. The Kier molecular flexibility index (Phi) is 7.57. The first-order valence-corrected chi connectivity index (χ1v) is 10.8. The van der Waals surface area contributed by atoms with Gasteiger partial charge in [-0.2, -0.15) is 0 Å². The van der Waals surface area contributed by atoms with Crippen LogP contribution in [0.3, 0.4) is 0 Å². The summed E-state index contributed by atoms with van der Waals surface area (Å²) >= 11 is 0. The summed E-state index contributed by atoms with van der Waals surface area (Å²) in [5.41, 5.74) is 5.67. The van der Waals surface area contributed by atoms with Gasteiger partial charge in [-0.15, -0.1) is 0 Å². The Balaban J connectivity index is 2.08. The van der Waals surface area contributed by atoms with Gasteiger partial charge in [-0.05, 0) is 12.0 Å². The lowest BCUT2D eigenvalue weighted by atomic mass is 10.2. The van der Waals surface area contributed by atoms with Gasteiger partial charge in [-0.1, -0.05) is 32.0 Å². The van der Waals surface area contributed by atoms with Crippen molar-refractivity contribution in [1.29, 1.82) is 0 Å². The van der Waals surface area contributed by atoms with E-state index in [0.29, 0.717) is 16.5 Å². The number of hydrogen-bond acceptors (Lipinski definition) is 7. The number of benzene rings is 1. The molecule has 2 heterocycles. The molecule has 2 aromatic heterocycles. The summed E-state index contributed by atoms with van der Waals surface area (Å²) in [5, 5.41) is 0.633. The van der Waals surface area contributed by atoms with E-state index >= 15 is 0 Å². The van der Waals surface area contributed by atoms with Gasteiger partial charge >= 0.3 is 11.7 Å². The molecule has 34 heavy (non-hydrogen) atoms. The van der Waals surface area contributed by atoms with Crippen LogP contribution in [0.25, 0.3) is 10.9 Å². The number of carbonyl (C=O) groups is 2. The van der Waals surface area contributed by atoms with Crippen molar-refractivity contribution < 1.29 is 19.1 Å². The lowest BCUT2D eigenvalue weighted by Crippen LogP contribution is -2.44. The van der Waals surface area contributed by atoms with Gasteiger partial charge in [0.25, 0.3) is 5.56 Å². The zero-order valence-corrected chi connectivity index (χ0v) is 19.7. The van der Waals surface area contributed by atoms with Gasteiger partial charge in [0.05, 0.1) is 19.3 Å². The second-order valence-electron chi connectivity index (χ2n) is 8.22. The van der Waals surface area contributed by atoms with E-state index in [2.05, 4.69) is 4.98 Å². The first-order valence-electron chi connectivity index (χ1n) is 10.8. The summed E-state index contributed by atoms with van der Waals surface area (Å²) in [6, 6.07) is 7.11. The van der Waals surface area contributed by atoms with Crippen LogP contribution in [0.5, 0.6) is 0 Å². The minimum Gasteiger partial charge on any atom is -0.465 e. The highest BCUT2D eigenvalue weighted by Gasteiger charge is 2.26. The fourth-order valence-corrected chi connectivity index (χ4v) is 3.81. The van der Waals surface area contributed by atoms with Gasteiger partial charge in [0.15, 0.2) is 5.69 Å². The number of nitrogens with two attached hydrogens (primary N) is 1. The standard InChI is InChI=1S/C23H29N5O6/c1-14(2)11-28-20(24)19(21(30)25-23(28)32)27(9-10-33-3)18(29)13-26-12-16(22(31)34-4)15-7-5-6-8-17(15)26/h5-8,12,14H,9-11,13,24H2,1-4H3,(H,25,30,32). The molecule has 1 aromatic carbocycles. The van der Waals surface area contributed by atoms with Crippen molar-refractivity contribution in [3.63, 3.8) is 0 Å². The van der Waals surface area contributed by atoms with Crippen LogP contribution in [0, 0.1) is 5.92 Å². The predicted octanol–water partition coefficient (Wildman–Crippen LogP) is 1.20. The number of hydrogen-bond donors (Lipinski definition) is 2. The third-order valence-electron chi connectivity index (χ3n) is 5.35. The smallest absolute Gasteiger partial charge is 0.340 e. The van der Waals surface area contributed by atoms with Gasteiger partial charge in [0, 0.05) is 37.3 Å². The molecule has 0 aliphatic heterocycles. The molecule has 0 aliphatic rings. The number of amides is 1. The molecule has 0 saturated carbocycles. The molecule has 1 amide bonds. The largest absolute Gasteiger partial charge is 0.465 e. The first kappa shape index (κ1) is 24.8. The molecule has 0 unspecified atom stereocenters. The van der Waals surface area contributed by atoms with Crippen LogP contribution in [0.4, 0.5) is 11.5 Å². The number of fused-ring (bicyclic) bond motifs is 1. The van der Waals surface area contributed by atoms with Crippen molar-refractivity contribution in [3.8, 4) is 0 Å². The number of H-pyrrole nitrogens is 1. The zero-order valence-electron chi connectivity index (χ0n) is 19.7. The zero-order chi connectivity index (χ0) is 25.0. The summed E-state index contributed by atoms with van der Waals surface area (Å²) in [6.45, 7) is 4.05. The minimum atomic E-state index is -0.764. The van der Waals surface area contributed by atoms with Crippen molar-refractivity contribution in [2.75, 3.05) is 38.0 Å². The highest BCUT2D eigenvalue weighted by Crippen LogP contribution is 2.23. The van der Waals surface area contributed by atoms with Crippen LogP contribution in [0.15, 0.2) is 40.1 Å². The molecular weight excluding hydrogens is 442 g/mol. The van der Waals surface area contributed by atoms with Gasteiger partial charge in [0.1, 0.15) is 12.4 Å². The SMILES string of the molecule is COCCN(C(=O)Cn1cc(C(=O)OC)c2ccccc21)c1c(N)n(CC(C)C)c(=O)[nH]c1=O. The number of para-hydroxylation sites is 1. The summed E-state index contributed by atoms with van der Waals surface area (Å²) < 4.78 is 12.8. The number of anilines is 2. The van der Waals surface area contributed by atoms with Crippen molar-refractivity contribution in [2.45, 2.75) is 26.9 Å². The number of aromatic nitrogens is 3. The monoisotopic (exact) mass is 471 g/mol. The summed E-state index contributed by atoms with van der Waals surface area (Å²) in [6.07, 6.45) is 1.54. The molecule has 3 rings (SSSR count). The lowest BCUT2D eigenvalue weighted by Gasteiger charge is -2.25. The molecule has 0 fully saturated rings. The number of ether oxygens (including phenoxy) is 2. The molecule has 182 valence electrons. The topological polar surface area (TPSA) is 142 Å². The van der Waals surface area contributed by atoms with Gasteiger partial charge in [0.2, 0.25) is 5.91 Å². The van der Waals surface area contributed by atoms with Crippen molar-refractivity contribution >= 4 is 34.3 Å². The van der Waals surface area contributed by atoms with Crippen LogP contribution >= 0.6 is 0 Å². The number of nitrogen functional groups attached to an aromatic ring is 1. The minimum absolute atomic E-state index is 0.0333. The van der Waals surface area contributed by atoms with Crippen LogP contribution in [0.2, 0.25) is 0 Å². The third-order valence-corrected chi connectivity index (χ3v) is 5.35. The predicted molar refractivity (Wildman–Crippen MR) is 128 cm³/mol. The summed E-state index contributed by atoms with van der Waals surface area (Å²) in [5.74, 6) is -1.02. The first-order chi connectivity index (χ1) is 16.2. The Morgan fingerprint density at radius 3 is 2.53 bits per heavy atom. The van der Waals surface area contributed by atoms with Crippen molar-refractivity contribution in [2.24, 2.45) is 5.92 Å². The highest BCUT2D eigenvalue weighted by atomic mass is 16.5. The summed E-state index contributed by atoms with van der Waals surface area (Å²) in [4.78, 5) is 54.3. The average Bonchev–Trinajstić information content (AvgIpc) is 3.16. The van der Waals surface area contributed by atoms with E-state index in [1.54, 1.807) is 28.8 Å². The molecular formula is C23H29N5O6. The second kappa shape index (κ2) is 10.4. The van der Waals surface area contributed by atoms with E-state index < -0.39 is 23.1 Å². The van der Waals surface area contributed by atoms with Gasteiger partial charge in [-0.3, -0.25) is 19.1 Å². The molecule has 11 heteroatoms. The fraction of sp³-hybridized carbons (Fsp3) is 0.391. The fourth-order valence-electron chi connectivity index (χ4n) is 3.81. The Morgan fingerprint density at radius 1 is 1.18 bits per heavy atom. The number of nitrogens with one attached hydrogen (secondary N) is 1. The summed E-state index contributed by atoms with van der Waals surface area (Å²) in [7, 11) is 2.76. The maximum Gasteiger partial charge on any atom is 0.340 e. The molecule has 0 aliphatic carbocycles. The molecule has 11 nitrogen and oxygen atoms in total. The van der Waals surface area contributed by atoms with E-state index in [-0.39, 0.29) is 43.7 Å². The van der Waals surface area contributed by atoms with Crippen LogP contribution < -0.4 is 21.9 Å². The van der Waals surface area contributed by atoms with Crippen molar-refractivity contribution in [3.05, 3.63) is 56.9 Å².